The van der Waals surface area contributed by atoms with Gasteiger partial charge in [-0.15, -0.1) is 0 Å². The van der Waals surface area contributed by atoms with Gasteiger partial charge in [0.25, 0.3) is 0 Å². The lowest BCUT2D eigenvalue weighted by molar-refractivity contribution is -0.283. The summed E-state index contributed by atoms with van der Waals surface area (Å²) in [6, 6.07) is 2.40. The largest absolute Gasteiger partial charge is 0.504 e. The van der Waals surface area contributed by atoms with Gasteiger partial charge in [-0.1, -0.05) is 0 Å². The van der Waals surface area contributed by atoms with Gasteiger partial charge in [0.05, 0.1) is 23.3 Å². The number of hydrogen-bond donors (Lipinski definition) is 11. The average molecular weight is 634 g/mol. The number of esters is 3. The molecule has 2 aliphatic heterocycles. The maximum Gasteiger partial charge on any atom is 0.340 e. The van der Waals surface area contributed by atoms with Crippen LogP contribution in [-0.2, 0) is 18.9 Å². The third kappa shape index (κ3) is 4.97. The van der Waals surface area contributed by atoms with Crippen molar-refractivity contribution in [3.05, 3.63) is 41.0 Å². The molecule has 1 saturated heterocycles. The second kappa shape index (κ2) is 11.0. The lowest BCUT2D eigenvalue weighted by Gasteiger charge is -2.42. The molecule has 0 aromatic heterocycles. The van der Waals surface area contributed by atoms with Crippen molar-refractivity contribution in [3.63, 3.8) is 0 Å². The van der Waals surface area contributed by atoms with E-state index in [-0.39, 0.29) is 0 Å². The van der Waals surface area contributed by atoms with Crippen molar-refractivity contribution in [3.8, 4) is 62.9 Å². The molecule has 3 aromatic rings. The highest BCUT2D eigenvalue weighted by molar-refractivity contribution is 6.08. The van der Waals surface area contributed by atoms with Crippen molar-refractivity contribution in [1.29, 1.82) is 0 Å². The molecule has 2 heterocycles. The highest BCUT2D eigenvalue weighted by Crippen LogP contribution is 2.53. The topological polar surface area (TPSA) is 311 Å². The van der Waals surface area contributed by atoms with E-state index < -0.39 is 135 Å². The fraction of sp³-hybridized carbons (Fsp3) is 0.222. The van der Waals surface area contributed by atoms with E-state index in [4.69, 9.17) is 18.9 Å². The first-order valence-corrected chi connectivity index (χ1v) is 12.5. The molecule has 0 saturated carbocycles. The van der Waals surface area contributed by atoms with Crippen LogP contribution in [0.1, 0.15) is 31.1 Å². The standard InChI is InChI=1S/C27H22O18/c28-5-13-22-21(38)23(27(42-13)45-24(39)6-1-9(29)16(33)10(30)2-6)44-26(41)8-4-12(32)18(35)20(37)15(8)14-7(25(40)43-22)3-11(31)17(34)19(14)36/h1-4,13,21-23,27-38H,5H2/t13-,21+,22-,23-,27-/m1/s1. The molecule has 18 nitrogen and oxygen atoms in total. The summed E-state index contributed by atoms with van der Waals surface area (Å²) in [5.41, 5.74) is -4.24. The molecule has 5 atom stereocenters. The summed E-state index contributed by atoms with van der Waals surface area (Å²) in [6.07, 6.45) is -10.2. The lowest BCUT2D eigenvalue weighted by Crippen LogP contribution is -2.61. The Morgan fingerprint density at radius 1 is 0.667 bits per heavy atom. The monoisotopic (exact) mass is 634 g/mol. The molecule has 238 valence electrons. The Hall–Kier alpha value is -5.85. The van der Waals surface area contributed by atoms with Crippen LogP contribution in [0.5, 0.6) is 51.7 Å². The van der Waals surface area contributed by atoms with E-state index in [0.29, 0.717) is 24.3 Å². The Kier molecular flexibility index (Phi) is 7.49. The van der Waals surface area contributed by atoms with Gasteiger partial charge in [-0.05, 0) is 24.3 Å². The minimum atomic E-state index is -2.19. The predicted octanol–water partition coefficient (Wildman–Crippen LogP) is -0.297. The van der Waals surface area contributed by atoms with Crippen LogP contribution in [0.25, 0.3) is 11.1 Å². The van der Waals surface area contributed by atoms with Crippen molar-refractivity contribution in [2.45, 2.75) is 30.7 Å². The van der Waals surface area contributed by atoms with Gasteiger partial charge < -0.3 is 75.1 Å². The molecule has 3 aromatic carbocycles. The third-order valence-electron chi connectivity index (χ3n) is 7.01. The molecule has 1 fully saturated rings. The van der Waals surface area contributed by atoms with Crippen molar-refractivity contribution in [2.24, 2.45) is 0 Å². The predicted molar refractivity (Wildman–Crippen MR) is 139 cm³/mol. The number of phenolic OH excluding ortho intramolecular Hbond substituents is 9. The number of rotatable bonds is 3. The van der Waals surface area contributed by atoms with Crippen molar-refractivity contribution in [2.75, 3.05) is 6.61 Å². The van der Waals surface area contributed by atoms with Gasteiger partial charge in [0.2, 0.25) is 17.8 Å². The molecule has 2 bridgehead atoms. The normalized spacial score (nSPS) is 22.7. The number of aliphatic hydroxyl groups is 2. The van der Waals surface area contributed by atoms with Gasteiger partial charge >= 0.3 is 17.9 Å². The fourth-order valence-corrected chi connectivity index (χ4v) is 4.79. The minimum absolute atomic E-state index is 0.510. The van der Waals surface area contributed by atoms with Crippen LogP contribution >= 0.6 is 0 Å². The smallest absolute Gasteiger partial charge is 0.340 e. The zero-order valence-electron chi connectivity index (χ0n) is 22.2. The van der Waals surface area contributed by atoms with Gasteiger partial charge in [-0.3, -0.25) is 0 Å². The Labute approximate surface area is 248 Å². The summed E-state index contributed by atoms with van der Waals surface area (Å²) in [5.74, 6) is -14.8. The Bertz CT molecular complexity index is 1730. The number of carbonyl (C=O) groups is 3. The minimum Gasteiger partial charge on any atom is -0.504 e. The van der Waals surface area contributed by atoms with Crippen LogP contribution in [0.3, 0.4) is 0 Å². The number of phenols is 9. The second-order valence-electron chi connectivity index (χ2n) is 9.76. The molecular formula is C27H22O18. The molecule has 18 heteroatoms. The summed E-state index contributed by atoms with van der Waals surface area (Å²) < 4.78 is 21.2. The van der Waals surface area contributed by atoms with Crippen LogP contribution in [0.4, 0.5) is 0 Å². The van der Waals surface area contributed by atoms with Crippen LogP contribution in [0.2, 0.25) is 0 Å². The Morgan fingerprint density at radius 3 is 1.58 bits per heavy atom. The van der Waals surface area contributed by atoms with E-state index in [1.165, 1.54) is 0 Å². The Balaban J connectivity index is 1.67. The molecule has 0 amide bonds. The van der Waals surface area contributed by atoms with Crippen LogP contribution in [0, 0.1) is 0 Å². The molecule has 45 heavy (non-hydrogen) atoms. The zero-order chi connectivity index (χ0) is 33.1. The highest BCUT2D eigenvalue weighted by atomic mass is 16.7. The number of hydrogen-bond acceptors (Lipinski definition) is 18. The first-order valence-electron chi connectivity index (χ1n) is 12.5. The van der Waals surface area contributed by atoms with E-state index in [9.17, 15) is 70.6 Å². The van der Waals surface area contributed by atoms with E-state index >= 15 is 0 Å². The summed E-state index contributed by atoms with van der Waals surface area (Å²) in [6.45, 7) is -1.04. The van der Waals surface area contributed by atoms with Crippen molar-refractivity contribution >= 4 is 17.9 Å². The maximum atomic E-state index is 13.5. The summed E-state index contributed by atoms with van der Waals surface area (Å²) in [5, 5.41) is 112. The van der Waals surface area contributed by atoms with Crippen LogP contribution in [0.15, 0.2) is 24.3 Å². The van der Waals surface area contributed by atoms with Crippen molar-refractivity contribution in [1.82, 2.24) is 0 Å². The SMILES string of the molecule is O=C(O[C@H]1O[C@H](CO)[C@H]2OC(=O)c3cc(O)c(O)c(O)c3-c3c(cc(O)c(O)c3O)C(=O)O[C@@H]1[C@H]2O)c1cc(O)c(O)c(O)c1. The van der Waals surface area contributed by atoms with E-state index in [2.05, 4.69) is 0 Å². The number of aromatic hydroxyl groups is 9. The van der Waals surface area contributed by atoms with Gasteiger partial charge in [0.1, 0.15) is 12.2 Å². The summed E-state index contributed by atoms with van der Waals surface area (Å²) in [7, 11) is 0. The Morgan fingerprint density at radius 2 is 1.11 bits per heavy atom. The summed E-state index contributed by atoms with van der Waals surface area (Å²) >= 11 is 0. The molecule has 11 N–H and O–H groups in total. The second-order valence-corrected chi connectivity index (χ2v) is 9.76. The molecule has 2 aliphatic rings. The van der Waals surface area contributed by atoms with E-state index in [1.54, 1.807) is 0 Å². The van der Waals surface area contributed by atoms with Crippen molar-refractivity contribution < 1.29 is 89.5 Å². The molecule has 0 aliphatic carbocycles. The molecule has 0 radical (unpaired) electrons. The number of aliphatic hydroxyl groups excluding tert-OH is 2. The van der Waals surface area contributed by atoms with Gasteiger partial charge in [-0.25, -0.2) is 14.4 Å². The van der Waals surface area contributed by atoms with E-state index in [0.717, 1.165) is 0 Å². The number of fused-ring (bicyclic) bond motifs is 5. The molecular weight excluding hydrogens is 612 g/mol. The highest BCUT2D eigenvalue weighted by Gasteiger charge is 2.52. The fourth-order valence-electron chi connectivity index (χ4n) is 4.79. The van der Waals surface area contributed by atoms with Gasteiger partial charge in [0.15, 0.2) is 52.5 Å². The molecule has 0 spiro atoms. The first-order chi connectivity index (χ1) is 21.2. The molecule has 5 rings (SSSR count). The maximum absolute atomic E-state index is 13.5. The number of carbonyl (C=O) groups excluding carboxylic acids is 3. The molecule has 0 unspecified atom stereocenters. The average Bonchev–Trinajstić information content (AvgIpc) is 3.00. The zero-order valence-corrected chi connectivity index (χ0v) is 22.2. The lowest BCUT2D eigenvalue weighted by atomic mass is 9.92. The van der Waals surface area contributed by atoms with Crippen LogP contribution in [-0.4, -0.2) is 111 Å². The third-order valence-corrected chi connectivity index (χ3v) is 7.01. The quantitative estimate of drug-likeness (QED) is 0.100. The van der Waals surface area contributed by atoms with Gasteiger partial charge in [0, 0.05) is 11.1 Å². The number of benzene rings is 3. The van der Waals surface area contributed by atoms with Crippen LogP contribution < -0.4 is 0 Å². The van der Waals surface area contributed by atoms with Gasteiger partial charge in [-0.2, -0.15) is 0 Å². The summed E-state index contributed by atoms with van der Waals surface area (Å²) in [4.78, 5) is 39.8. The first kappa shape index (κ1) is 30.6. The van der Waals surface area contributed by atoms with E-state index in [1.807, 2.05) is 0 Å². The number of ether oxygens (including phenoxy) is 4.